The summed E-state index contributed by atoms with van der Waals surface area (Å²) in [4.78, 5) is 68.3. The maximum Gasteiger partial charge on any atom is 0.303 e. The van der Waals surface area contributed by atoms with Gasteiger partial charge in [0.25, 0.3) is 0 Å². The Hall–Kier alpha value is -0.940. The minimum absolute atomic E-state index is 0.108. The summed E-state index contributed by atoms with van der Waals surface area (Å²) in [7, 11) is -9.18. The summed E-state index contributed by atoms with van der Waals surface area (Å²) in [5.41, 5.74) is 0. The SMILES string of the molecule is CC.O=C(O)CCP(O)CN1CCN(CP(=O)(O)CCC(=O)O)CCN(CP(=O)(O)CCC(=O)O)CC1. The Morgan fingerprint density at radius 1 is 0.676 bits per heavy atom. The number of hydrogen-bond acceptors (Lipinski definition) is 9. The van der Waals surface area contributed by atoms with Gasteiger partial charge in [0.2, 0.25) is 14.7 Å². The molecule has 0 saturated carbocycles. The largest absolute Gasteiger partial charge is 0.481 e. The smallest absolute Gasteiger partial charge is 0.303 e. The molecule has 14 nitrogen and oxygen atoms in total. The third kappa shape index (κ3) is 18.9. The average molecular weight is 593 g/mol. The molecule has 1 aliphatic rings. The first-order valence-corrected chi connectivity index (χ1v) is 17.8. The predicted molar refractivity (Wildman–Crippen MR) is 141 cm³/mol. The second-order valence-corrected chi connectivity index (χ2v) is 15.2. The van der Waals surface area contributed by atoms with Crippen molar-refractivity contribution < 1.29 is 53.5 Å². The zero-order valence-corrected chi connectivity index (χ0v) is 24.2. The van der Waals surface area contributed by atoms with Crippen LogP contribution in [-0.4, -0.2) is 139 Å². The van der Waals surface area contributed by atoms with Crippen molar-refractivity contribution in [2.45, 2.75) is 33.1 Å². The summed E-state index contributed by atoms with van der Waals surface area (Å²) in [6, 6.07) is 0. The van der Waals surface area contributed by atoms with E-state index in [0.29, 0.717) is 26.2 Å². The molecule has 218 valence electrons. The summed E-state index contributed by atoms with van der Waals surface area (Å²) < 4.78 is 25.1. The van der Waals surface area contributed by atoms with Crippen molar-refractivity contribution in [3.8, 4) is 0 Å². The Morgan fingerprint density at radius 3 is 1.32 bits per heavy atom. The molecular formula is C20H42N3O11P3. The van der Waals surface area contributed by atoms with Gasteiger partial charge in [0.05, 0.1) is 31.8 Å². The maximum absolute atomic E-state index is 12.5. The molecule has 1 heterocycles. The van der Waals surface area contributed by atoms with Crippen LogP contribution in [0.4, 0.5) is 0 Å². The Kier molecular flexibility index (Phi) is 17.9. The van der Waals surface area contributed by atoms with E-state index in [-0.39, 0.29) is 56.9 Å². The van der Waals surface area contributed by atoms with Crippen LogP contribution in [0.25, 0.3) is 0 Å². The number of hydrogen-bond donors (Lipinski definition) is 6. The second-order valence-electron chi connectivity index (χ2n) is 8.58. The lowest BCUT2D eigenvalue weighted by atomic mass is 10.5. The van der Waals surface area contributed by atoms with E-state index in [1.54, 1.807) is 9.80 Å². The highest BCUT2D eigenvalue weighted by atomic mass is 31.2. The molecule has 1 saturated heterocycles. The number of nitrogens with zero attached hydrogens (tertiary/aromatic N) is 3. The van der Waals surface area contributed by atoms with E-state index in [9.17, 15) is 38.2 Å². The lowest BCUT2D eigenvalue weighted by molar-refractivity contribution is -0.137. The molecule has 1 aliphatic heterocycles. The standard InChI is InChI=1S/C18H36N3O11P3.C2H6/c22-16(23)1-10-33(28)13-19-4-6-20(14-34(29,30)11-2-17(24)25)8-9-21(7-5-19)15-35(31,32)12-3-18(26)27;1-2/h28H,1-15H2,(H,22,23)(H,24,25)(H,26,27)(H,29,30)(H,31,32);1-2H3. The molecule has 0 spiro atoms. The monoisotopic (exact) mass is 593 g/mol. The van der Waals surface area contributed by atoms with Gasteiger partial charge in [0.1, 0.15) is 0 Å². The van der Waals surface area contributed by atoms with Gasteiger partial charge in [-0.2, -0.15) is 0 Å². The number of carboxylic acids is 3. The topological polar surface area (TPSA) is 216 Å². The third-order valence-corrected chi connectivity index (χ3v) is 10.3. The van der Waals surface area contributed by atoms with Crippen molar-refractivity contribution in [1.29, 1.82) is 0 Å². The van der Waals surface area contributed by atoms with Gasteiger partial charge in [0, 0.05) is 72.2 Å². The minimum Gasteiger partial charge on any atom is -0.481 e. The van der Waals surface area contributed by atoms with E-state index in [0.717, 1.165) is 0 Å². The molecule has 0 bridgehead atoms. The molecule has 1 fully saturated rings. The zero-order chi connectivity index (χ0) is 28.6. The Morgan fingerprint density at radius 2 is 1.00 bits per heavy atom. The van der Waals surface area contributed by atoms with Crippen LogP contribution in [0.3, 0.4) is 0 Å². The fourth-order valence-corrected chi connectivity index (χ4v) is 7.96. The molecule has 3 atom stereocenters. The summed E-state index contributed by atoms with van der Waals surface area (Å²) >= 11 is 0. The van der Waals surface area contributed by atoms with Crippen LogP contribution < -0.4 is 0 Å². The maximum atomic E-state index is 12.5. The van der Waals surface area contributed by atoms with Crippen molar-refractivity contribution in [2.75, 3.05) is 76.6 Å². The highest BCUT2D eigenvalue weighted by Gasteiger charge is 2.28. The van der Waals surface area contributed by atoms with Crippen molar-refractivity contribution in [1.82, 2.24) is 14.7 Å². The quantitative estimate of drug-likeness (QED) is 0.147. The first kappa shape index (κ1) is 36.1. The van der Waals surface area contributed by atoms with Crippen LogP contribution >= 0.6 is 22.9 Å². The van der Waals surface area contributed by atoms with Gasteiger partial charge in [-0.05, 0) is 0 Å². The highest BCUT2D eigenvalue weighted by Crippen LogP contribution is 2.43. The van der Waals surface area contributed by atoms with E-state index in [1.807, 2.05) is 18.7 Å². The molecular weight excluding hydrogens is 551 g/mol. The Balaban J connectivity index is 0.00000631. The van der Waals surface area contributed by atoms with E-state index >= 15 is 0 Å². The summed E-state index contributed by atoms with van der Waals surface area (Å²) in [6.45, 7) is 5.94. The molecule has 6 N–H and O–H groups in total. The third-order valence-electron chi connectivity index (χ3n) is 5.34. The number of carbonyl (C=O) groups is 3. The number of rotatable bonds is 15. The number of carboxylic acid groups (broad SMARTS) is 3. The normalized spacial score (nSPS) is 20.1. The van der Waals surface area contributed by atoms with Crippen LogP contribution in [-0.2, 0) is 23.5 Å². The van der Waals surface area contributed by atoms with Crippen molar-refractivity contribution in [2.24, 2.45) is 0 Å². The van der Waals surface area contributed by atoms with E-state index in [4.69, 9.17) is 15.3 Å². The molecule has 1 rings (SSSR count). The van der Waals surface area contributed by atoms with Crippen molar-refractivity contribution in [3.05, 3.63) is 0 Å². The average Bonchev–Trinajstić information content (AvgIpc) is 2.88. The predicted octanol–water partition coefficient (Wildman–Crippen LogP) is 1.16. The molecule has 0 aromatic heterocycles. The lowest BCUT2D eigenvalue weighted by Gasteiger charge is -2.28. The van der Waals surface area contributed by atoms with Gasteiger partial charge >= 0.3 is 17.9 Å². The van der Waals surface area contributed by atoms with E-state index < -0.39 is 53.6 Å². The Bertz CT molecular complexity index is 766. The molecule has 0 amide bonds. The van der Waals surface area contributed by atoms with Crippen LogP contribution in [0, 0.1) is 0 Å². The molecule has 3 unspecified atom stereocenters. The van der Waals surface area contributed by atoms with Crippen molar-refractivity contribution in [3.63, 3.8) is 0 Å². The van der Waals surface area contributed by atoms with Crippen LogP contribution in [0.2, 0.25) is 0 Å². The van der Waals surface area contributed by atoms with Crippen molar-refractivity contribution >= 4 is 40.8 Å². The number of aliphatic carboxylic acids is 3. The summed E-state index contributed by atoms with van der Waals surface area (Å²) in [5.74, 6) is -3.38. The van der Waals surface area contributed by atoms with Gasteiger partial charge in [-0.3, -0.25) is 38.2 Å². The van der Waals surface area contributed by atoms with Gasteiger partial charge in [-0.1, -0.05) is 13.8 Å². The fourth-order valence-electron chi connectivity index (χ4n) is 3.44. The van der Waals surface area contributed by atoms with Gasteiger partial charge < -0.3 is 30.0 Å². The van der Waals surface area contributed by atoms with E-state index in [2.05, 4.69) is 0 Å². The summed E-state index contributed by atoms with van der Waals surface area (Å²) in [5, 5.41) is 26.5. The molecule has 0 radical (unpaired) electrons. The molecule has 17 heteroatoms. The van der Waals surface area contributed by atoms with Crippen LogP contribution in [0.5, 0.6) is 0 Å². The van der Waals surface area contributed by atoms with E-state index in [1.165, 1.54) is 0 Å². The Labute approximate surface area is 219 Å². The first-order chi connectivity index (χ1) is 17.2. The summed E-state index contributed by atoms with van der Waals surface area (Å²) in [6.07, 6.45) is -2.05. The van der Waals surface area contributed by atoms with Crippen LogP contribution in [0.15, 0.2) is 0 Å². The molecule has 0 aromatic carbocycles. The second kappa shape index (κ2) is 18.4. The minimum atomic E-state index is -3.79. The fraction of sp³-hybridized carbons (Fsp3) is 0.850. The zero-order valence-electron chi connectivity index (χ0n) is 21.5. The van der Waals surface area contributed by atoms with Gasteiger partial charge in [-0.25, -0.2) is 0 Å². The molecule has 0 aliphatic carbocycles. The molecule has 37 heavy (non-hydrogen) atoms. The van der Waals surface area contributed by atoms with Gasteiger partial charge in [0.15, 0.2) is 0 Å². The van der Waals surface area contributed by atoms with Crippen LogP contribution in [0.1, 0.15) is 33.1 Å². The lowest BCUT2D eigenvalue weighted by Crippen LogP contribution is -2.37. The first-order valence-electron chi connectivity index (χ1n) is 12.1. The van der Waals surface area contributed by atoms with Gasteiger partial charge in [-0.15, -0.1) is 0 Å². The highest BCUT2D eigenvalue weighted by molar-refractivity contribution is 7.58. The molecule has 0 aromatic rings.